The van der Waals surface area contributed by atoms with E-state index in [-0.39, 0.29) is 6.10 Å². The summed E-state index contributed by atoms with van der Waals surface area (Å²) < 4.78 is 5.24. The molecule has 1 aliphatic heterocycles. The third kappa shape index (κ3) is 2.54. The molecule has 2 heterocycles. The minimum absolute atomic E-state index is 0.379. The van der Waals surface area contributed by atoms with E-state index in [1.54, 1.807) is 11.3 Å². The van der Waals surface area contributed by atoms with E-state index in [4.69, 9.17) is 4.74 Å². The molecule has 1 aliphatic rings. The smallest absolute Gasteiger partial charge is 0.101 e. The SMILES string of the molecule is OC(CNC1CCOC1)c1cccs1. The Hall–Kier alpha value is -0.420. The molecular formula is C10H15NO2S. The molecule has 1 saturated heterocycles. The van der Waals surface area contributed by atoms with Gasteiger partial charge in [0, 0.05) is 24.1 Å². The molecule has 1 aromatic heterocycles. The van der Waals surface area contributed by atoms with Crippen molar-refractivity contribution in [2.24, 2.45) is 0 Å². The first-order valence-electron chi connectivity index (χ1n) is 4.89. The van der Waals surface area contributed by atoms with Gasteiger partial charge in [-0.15, -0.1) is 11.3 Å². The van der Waals surface area contributed by atoms with E-state index < -0.39 is 0 Å². The highest BCUT2D eigenvalue weighted by Crippen LogP contribution is 2.18. The number of aliphatic hydroxyl groups is 1. The minimum atomic E-state index is -0.379. The lowest BCUT2D eigenvalue weighted by Gasteiger charge is -2.13. The molecule has 4 heteroatoms. The fourth-order valence-electron chi connectivity index (χ4n) is 1.56. The zero-order valence-electron chi connectivity index (χ0n) is 7.98. The Morgan fingerprint density at radius 3 is 3.29 bits per heavy atom. The zero-order chi connectivity index (χ0) is 9.80. The van der Waals surface area contributed by atoms with Gasteiger partial charge in [0.25, 0.3) is 0 Å². The second-order valence-corrected chi connectivity index (χ2v) is 4.48. The molecule has 2 rings (SSSR count). The van der Waals surface area contributed by atoms with Crippen molar-refractivity contribution < 1.29 is 9.84 Å². The Kier molecular flexibility index (Phi) is 3.53. The van der Waals surface area contributed by atoms with E-state index in [9.17, 15) is 5.11 Å². The highest BCUT2D eigenvalue weighted by molar-refractivity contribution is 7.10. The van der Waals surface area contributed by atoms with Gasteiger partial charge in [-0.3, -0.25) is 0 Å². The number of hydrogen-bond acceptors (Lipinski definition) is 4. The summed E-state index contributed by atoms with van der Waals surface area (Å²) in [6.45, 7) is 2.23. The monoisotopic (exact) mass is 213 g/mol. The van der Waals surface area contributed by atoms with Gasteiger partial charge < -0.3 is 15.2 Å². The van der Waals surface area contributed by atoms with Crippen molar-refractivity contribution in [2.75, 3.05) is 19.8 Å². The van der Waals surface area contributed by atoms with Crippen LogP contribution in [0, 0.1) is 0 Å². The molecule has 78 valence electrons. The number of aliphatic hydroxyl groups excluding tert-OH is 1. The van der Waals surface area contributed by atoms with Gasteiger partial charge >= 0.3 is 0 Å². The van der Waals surface area contributed by atoms with Crippen LogP contribution >= 0.6 is 11.3 Å². The molecule has 0 bridgehead atoms. The van der Waals surface area contributed by atoms with Crippen molar-refractivity contribution in [3.8, 4) is 0 Å². The molecule has 2 atom stereocenters. The van der Waals surface area contributed by atoms with Gasteiger partial charge in [-0.05, 0) is 17.9 Å². The fourth-order valence-corrected chi connectivity index (χ4v) is 2.27. The van der Waals surface area contributed by atoms with Crippen LogP contribution in [0.5, 0.6) is 0 Å². The van der Waals surface area contributed by atoms with Gasteiger partial charge in [-0.2, -0.15) is 0 Å². The standard InChI is InChI=1S/C10H15NO2S/c12-9(10-2-1-5-14-10)6-11-8-3-4-13-7-8/h1-2,5,8-9,11-12H,3-4,6-7H2. The van der Waals surface area contributed by atoms with Crippen LogP contribution in [0.15, 0.2) is 17.5 Å². The summed E-state index contributed by atoms with van der Waals surface area (Å²) >= 11 is 1.59. The second-order valence-electron chi connectivity index (χ2n) is 3.50. The van der Waals surface area contributed by atoms with Crippen LogP contribution in [0.4, 0.5) is 0 Å². The Labute approximate surface area is 87.7 Å². The van der Waals surface area contributed by atoms with Crippen molar-refractivity contribution >= 4 is 11.3 Å². The first-order chi connectivity index (χ1) is 6.86. The predicted molar refractivity (Wildman–Crippen MR) is 56.5 cm³/mol. The lowest BCUT2D eigenvalue weighted by Crippen LogP contribution is -2.32. The molecule has 1 fully saturated rings. The average molecular weight is 213 g/mol. The lowest BCUT2D eigenvalue weighted by atomic mass is 10.2. The highest BCUT2D eigenvalue weighted by Gasteiger charge is 2.16. The number of ether oxygens (including phenoxy) is 1. The number of nitrogens with one attached hydrogen (secondary N) is 1. The third-order valence-corrected chi connectivity index (χ3v) is 3.37. The van der Waals surface area contributed by atoms with Crippen LogP contribution in [-0.2, 0) is 4.74 Å². The van der Waals surface area contributed by atoms with E-state index in [0.717, 1.165) is 24.5 Å². The predicted octanol–water partition coefficient (Wildman–Crippen LogP) is 1.16. The third-order valence-electron chi connectivity index (χ3n) is 2.40. The van der Waals surface area contributed by atoms with Crippen LogP contribution in [0.1, 0.15) is 17.4 Å². The molecule has 1 aromatic rings. The number of rotatable bonds is 4. The number of thiophene rings is 1. The summed E-state index contributed by atoms with van der Waals surface area (Å²) in [5, 5.41) is 15.1. The van der Waals surface area contributed by atoms with Crippen LogP contribution in [0.3, 0.4) is 0 Å². The summed E-state index contributed by atoms with van der Waals surface area (Å²) in [6.07, 6.45) is 0.674. The van der Waals surface area contributed by atoms with Crippen molar-refractivity contribution in [3.05, 3.63) is 22.4 Å². The van der Waals surface area contributed by atoms with E-state index in [1.807, 2.05) is 17.5 Å². The van der Waals surface area contributed by atoms with E-state index >= 15 is 0 Å². The Morgan fingerprint density at radius 1 is 1.71 bits per heavy atom. The molecule has 0 amide bonds. The summed E-state index contributed by atoms with van der Waals surface area (Å²) in [4.78, 5) is 1.02. The highest BCUT2D eigenvalue weighted by atomic mass is 32.1. The largest absolute Gasteiger partial charge is 0.386 e. The number of hydrogen-bond donors (Lipinski definition) is 2. The molecule has 3 nitrogen and oxygen atoms in total. The van der Waals surface area contributed by atoms with Crippen LogP contribution < -0.4 is 5.32 Å². The Balaban J connectivity index is 1.74. The van der Waals surface area contributed by atoms with Gasteiger partial charge in [0.15, 0.2) is 0 Å². The molecule has 0 spiro atoms. The van der Waals surface area contributed by atoms with Gasteiger partial charge in [-0.1, -0.05) is 6.07 Å². The summed E-state index contributed by atoms with van der Waals surface area (Å²) in [6, 6.07) is 4.34. The Morgan fingerprint density at radius 2 is 2.64 bits per heavy atom. The van der Waals surface area contributed by atoms with Crippen molar-refractivity contribution in [1.82, 2.24) is 5.32 Å². The normalized spacial score (nSPS) is 23.9. The van der Waals surface area contributed by atoms with Crippen LogP contribution in [0.2, 0.25) is 0 Å². The molecular weight excluding hydrogens is 198 g/mol. The van der Waals surface area contributed by atoms with E-state index in [1.165, 1.54) is 0 Å². The fraction of sp³-hybridized carbons (Fsp3) is 0.600. The summed E-state index contributed by atoms with van der Waals surface area (Å²) in [5.41, 5.74) is 0. The molecule has 0 radical (unpaired) electrons. The minimum Gasteiger partial charge on any atom is -0.386 e. The van der Waals surface area contributed by atoms with Crippen LogP contribution in [-0.4, -0.2) is 30.9 Å². The molecule has 0 saturated carbocycles. The van der Waals surface area contributed by atoms with E-state index in [2.05, 4.69) is 5.32 Å². The molecule has 0 aliphatic carbocycles. The van der Waals surface area contributed by atoms with Crippen molar-refractivity contribution in [1.29, 1.82) is 0 Å². The lowest BCUT2D eigenvalue weighted by molar-refractivity contribution is 0.163. The molecule has 0 aromatic carbocycles. The van der Waals surface area contributed by atoms with E-state index in [0.29, 0.717) is 12.6 Å². The average Bonchev–Trinajstić information content (AvgIpc) is 2.87. The van der Waals surface area contributed by atoms with Crippen molar-refractivity contribution in [2.45, 2.75) is 18.6 Å². The van der Waals surface area contributed by atoms with Gasteiger partial charge in [0.2, 0.25) is 0 Å². The quantitative estimate of drug-likeness (QED) is 0.788. The van der Waals surface area contributed by atoms with Gasteiger partial charge in [0.1, 0.15) is 6.10 Å². The zero-order valence-corrected chi connectivity index (χ0v) is 8.80. The van der Waals surface area contributed by atoms with Gasteiger partial charge in [-0.25, -0.2) is 0 Å². The molecule has 2 unspecified atom stereocenters. The summed E-state index contributed by atoms with van der Waals surface area (Å²) in [7, 11) is 0. The molecule has 14 heavy (non-hydrogen) atoms. The summed E-state index contributed by atoms with van der Waals surface area (Å²) in [5.74, 6) is 0. The maximum absolute atomic E-state index is 9.78. The first-order valence-corrected chi connectivity index (χ1v) is 5.77. The van der Waals surface area contributed by atoms with Crippen molar-refractivity contribution in [3.63, 3.8) is 0 Å². The van der Waals surface area contributed by atoms with Crippen LogP contribution in [0.25, 0.3) is 0 Å². The maximum Gasteiger partial charge on any atom is 0.101 e. The second kappa shape index (κ2) is 4.89. The van der Waals surface area contributed by atoms with Gasteiger partial charge in [0.05, 0.1) is 6.61 Å². The Bertz CT molecular complexity index is 257. The first kappa shape index (κ1) is 10.1. The molecule has 2 N–H and O–H groups in total. The maximum atomic E-state index is 9.78. The topological polar surface area (TPSA) is 41.5 Å².